The molecule has 2 amide bonds. The van der Waals surface area contributed by atoms with Gasteiger partial charge in [0.25, 0.3) is 17.4 Å². The number of nitrogens with zero attached hydrogens (tertiary/aromatic N) is 4. The number of methoxy groups -OCH3 is 2. The Morgan fingerprint density at radius 2 is 1.60 bits per heavy atom. The summed E-state index contributed by atoms with van der Waals surface area (Å²) in [6.45, 7) is 4.04. The average Bonchev–Trinajstić information content (AvgIpc) is 2.83. The number of nitriles is 2. The van der Waals surface area contributed by atoms with Crippen LogP contribution in [-0.4, -0.2) is 60.4 Å². The fourth-order valence-corrected chi connectivity index (χ4v) is 3.71. The van der Waals surface area contributed by atoms with Crippen molar-refractivity contribution < 1.29 is 24.2 Å². The van der Waals surface area contributed by atoms with E-state index in [0.717, 1.165) is 9.47 Å². The summed E-state index contributed by atoms with van der Waals surface area (Å²) in [6.07, 6.45) is 5.26. The highest BCUT2D eigenvalue weighted by atomic mass is 16.5. The number of pyridine rings is 1. The van der Waals surface area contributed by atoms with E-state index in [1.807, 2.05) is 12.1 Å². The smallest absolute Gasteiger partial charge is 0.271 e. The van der Waals surface area contributed by atoms with Gasteiger partial charge in [-0.25, -0.2) is 0 Å². The lowest BCUT2D eigenvalue weighted by Crippen LogP contribution is -2.43. The monoisotopic (exact) mass is 480 g/mol. The molecule has 1 aliphatic heterocycles. The quantitative estimate of drug-likeness (QED) is 0.304. The Hall–Kier alpha value is -3.99. The largest absolute Gasteiger partial charge is 0.494 e. The summed E-state index contributed by atoms with van der Waals surface area (Å²) in [5.74, 6) is -1.51. The molecule has 1 aromatic heterocycles. The van der Waals surface area contributed by atoms with Gasteiger partial charge in [-0.15, -0.1) is 0 Å². The molecule has 0 aromatic carbocycles. The highest BCUT2D eigenvalue weighted by Crippen LogP contribution is 2.27. The zero-order valence-electron chi connectivity index (χ0n) is 20.3. The molecule has 0 aliphatic carbocycles. The van der Waals surface area contributed by atoms with Crippen LogP contribution in [-0.2, 0) is 25.6 Å². The van der Waals surface area contributed by atoms with Gasteiger partial charge < -0.3 is 14.6 Å². The van der Waals surface area contributed by atoms with Crippen molar-refractivity contribution in [2.45, 2.75) is 33.2 Å². The van der Waals surface area contributed by atoms with Gasteiger partial charge in [0.05, 0.1) is 0 Å². The van der Waals surface area contributed by atoms with Gasteiger partial charge in [0.15, 0.2) is 0 Å². The molecule has 0 spiro atoms. The van der Waals surface area contributed by atoms with Gasteiger partial charge in [0.2, 0.25) is 5.88 Å². The first kappa shape index (κ1) is 27.3. The van der Waals surface area contributed by atoms with Crippen molar-refractivity contribution >= 4 is 17.9 Å². The minimum Gasteiger partial charge on any atom is -0.494 e. The predicted molar refractivity (Wildman–Crippen MR) is 127 cm³/mol. The number of aromatic nitrogens is 1. The first-order valence-electron chi connectivity index (χ1n) is 10.9. The molecule has 2 rings (SSSR count). The number of carbonyl (C=O) groups excluding carboxylic acids is 2. The molecule has 0 saturated heterocycles. The van der Waals surface area contributed by atoms with Gasteiger partial charge in [-0.05, 0) is 50.0 Å². The normalized spacial score (nSPS) is 15.3. The molecule has 1 aliphatic rings. The van der Waals surface area contributed by atoms with E-state index in [1.165, 1.54) is 39.4 Å². The first-order chi connectivity index (χ1) is 16.7. The van der Waals surface area contributed by atoms with Gasteiger partial charge in [-0.3, -0.25) is 23.9 Å². The molecule has 0 unspecified atom stereocenters. The number of rotatable bonds is 10. The second kappa shape index (κ2) is 12.5. The Kier molecular flexibility index (Phi) is 9.71. The summed E-state index contributed by atoms with van der Waals surface area (Å²) in [5.41, 5.74) is 0.120. The Labute approximate surface area is 203 Å². The van der Waals surface area contributed by atoms with E-state index in [1.54, 1.807) is 6.92 Å². The van der Waals surface area contributed by atoms with Crippen LogP contribution in [0, 0.1) is 29.6 Å². The molecule has 184 valence electrons. The highest BCUT2D eigenvalue weighted by Gasteiger charge is 2.34. The summed E-state index contributed by atoms with van der Waals surface area (Å²) in [7, 11) is 3.03. The lowest BCUT2D eigenvalue weighted by atomic mass is 9.94. The summed E-state index contributed by atoms with van der Waals surface area (Å²) in [4.78, 5) is 39.2. The van der Waals surface area contributed by atoms with Crippen molar-refractivity contribution in [2.75, 3.05) is 34.0 Å². The zero-order chi connectivity index (χ0) is 26.1. The van der Waals surface area contributed by atoms with Gasteiger partial charge >= 0.3 is 0 Å². The fourth-order valence-electron chi connectivity index (χ4n) is 3.71. The number of hydrogen-bond donors (Lipinski definition) is 1. The van der Waals surface area contributed by atoms with Gasteiger partial charge in [0.1, 0.15) is 23.3 Å². The topological polar surface area (TPSA) is 146 Å². The van der Waals surface area contributed by atoms with E-state index in [4.69, 9.17) is 9.47 Å². The molecule has 10 nitrogen and oxygen atoms in total. The number of aromatic hydroxyl groups is 1. The SMILES string of the molecule is COCCCN1C(=O)C(C#N)=C(C)/C(=C/C=C/c2c(C)c(C#N)c(=O)n(CCCOC)c2O)C1=O. The molecule has 0 saturated carbocycles. The van der Waals surface area contributed by atoms with E-state index in [-0.39, 0.29) is 46.8 Å². The number of ether oxygens (including phenoxy) is 2. The summed E-state index contributed by atoms with van der Waals surface area (Å²) in [5, 5.41) is 29.7. The first-order valence-corrected chi connectivity index (χ1v) is 10.9. The van der Waals surface area contributed by atoms with E-state index >= 15 is 0 Å². The van der Waals surface area contributed by atoms with Crippen LogP contribution in [0.1, 0.15) is 36.5 Å². The maximum atomic E-state index is 13.0. The van der Waals surface area contributed by atoms with E-state index < -0.39 is 17.4 Å². The second-order valence-electron chi connectivity index (χ2n) is 7.81. The van der Waals surface area contributed by atoms with E-state index in [9.17, 15) is 30.0 Å². The number of allylic oxidation sites excluding steroid dienone is 2. The molecule has 0 radical (unpaired) electrons. The van der Waals surface area contributed by atoms with Crippen molar-refractivity contribution in [3.05, 3.63) is 55.9 Å². The van der Waals surface area contributed by atoms with Crippen molar-refractivity contribution in [3.8, 4) is 18.0 Å². The van der Waals surface area contributed by atoms with Crippen LogP contribution in [0.3, 0.4) is 0 Å². The number of amides is 2. The van der Waals surface area contributed by atoms with E-state index in [0.29, 0.717) is 31.6 Å². The average molecular weight is 481 g/mol. The maximum Gasteiger partial charge on any atom is 0.271 e. The lowest BCUT2D eigenvalue weighted by Gasteiger charge is -2.27. The molecule has 0 fully saturated rings. The Bertz CT molecular complexity index is 1240. The van der Waals surface area contributed by atoms with Crippen LogP contribution in [0.15, 0.2) is 33.7 Å². The van der Waals surface area contributed by atoms with Crippen LogP contribution in [0.2, 0.25) is 0 Å². The van der Waals surface area contributed by atoms with Crippen LogP contribution in [0.25, 0.3) is 6.08 Å². The number of hydrogen-bond acceptors (Lipinski definition) is 8. The van der Waals surface area contributed by atoms with Crippen molar-refractivity contribution in [1.82, 2.24) is 9.47 Å². The van der Waals surface area contributed by atoms with Crippen LogP contribution >= 0.6 is 0 Å². The van der Waals surface area contributed by atoms with Gasteiger partial charge in [-0.1, -0.05) is 6.08 Å². The Morgan fingerprint density at radius 3 is 2.17 bits per heavy atom. The molecule has 10 heteroatoms. The fraction of sp³-hybridized carbons (Fsp3) is 0.400. The minimum atomic E-state index is -0.650. The minimum absolute atomic E-state index is 0.0981. The summed E-state index contributed by atoms with van der Waals surface area (Å²) >= 11 is 0. The van der Waals surface area contributed by atoms with Gasteiger partial charge in [-0.2, -0.15) is 10.5 Å². The third-order valence-corrected chi connectivity index (χ3v) is 5.66. The number of carbonyl (C=O) groups is 2. The van der Waals surface area contributed by atoms with Crippen molar-refractivity contribution in [2.24, 2.45) is 0 Å². The van der Waals surface area contributed by atoms with Crippen LogP contribution in [0.5, 0.6) is 5.88 Å². The highest BCUT2D eigenvalue weighted by molar-refractivity contribution is 6.18. The van der Waals surface area contributed by atoms with Gasteiger partial charge in [0, 0.05) is 51.7 Å². The third-order valence-electron chi connectivity index (χ3n) is 5.66. The van der Waals surface area contributed by atoms with E-state index in [2.05, 4.69) is 0 Å². The van der Waals surface area contributed by atoms with Crippen LogP contribution in [0.4, 0.5) is 0 Å². The second-order valence-corrected chi connectivity index (χ2v) is 7.81. The summed E-state index contributed by atoms with van der Waals surface area (Å²) in [6, 6.07) is 3.76. The molecular formula is C25H28N4O6. The predicted octanol–water partition coefficient (Wildman–Crippen LogP) is 1.96. The molecule has 1 N–H and O–H groups in total. The van der Waals surface area contributed by atoms with Crippen molar-refractivity contribution in [3.63, 3.8) is 0 Å². The molecule has 0 bridgehead atoms. The molecule has 0 atom stereocenters. The Balaban J connectivity index is 2.52. The summed E-state index contributed by atoms with van der Waals surface area (Å²) < 4.78 is 11.1. The zero-order valence-corrected chi connectivity index (χ0v) is 20.3. The third kappa shape index (κ3) is 5.75. The lowest BCUT2D eigenvalue weighted by molar-refractivity contribution is -0.140. The van der Waals surface area contributed by atoms with Crippen molar-refractivity contribution in [1.29, 1.82) is 10.5 Å². The maximum absolute atomic E-state index is 13.0. The molecule has 2 heterocycles. The molecule has 1 aromatic rings. The number of imide groups is 1. The van der Waals surface area contributed by atoms with Crippen LogP contribution < -0.4 is 5.56 Å². The molecule has 35 heavy (non-hydrogen) atoms. The standard InChI is InChI=1S/C25H28N4O6/c1-16-18(22(30)28(10-6-12-34-3)24(32)20(16)14-26)8-5-9-19-17(2)21(15-27)25(33)29(23(19)31)11-7-13-35-4/h5,8-9,30H,6-7,10-13H2,1-4H3/b8-5+,19-9-. The Morgan fingerprint density at radius 1 is 0.971 bits per heavy atom. The molecular weight excluding hydrogens is 452 g/mol.